The fourth-order valence-electron chi connectivity index (χ4n) is 1.38. The lowest BCUT2D eigenvalue weighted by molar-refractivity contribution is 0.237. The first kappa shape index (κ1) is 14.6. The van der Waals surface area contributed by atoms with Crippen molar-refractivity contribution in [1.29, 1.82) is 0 Å². The quantitative estimate of drug-likeness (QED) is 0.832. The molecule has 1 rings (SSSR count). The van der Waals surface area contributed by atoms with Crippen LogP contribution in [0.3, 0.4) is 0 Å². The fraction of sp³-hybridized carbons (Fsp3) is 0.500. The van der Waals surface area contributed by atoms with E-state index in [1.165, 1.54) is 0 Å². The van der Waals surface area contributed by atoms with Crippen molar-refractivity contribution in [3.63, 3.8) is 0 Å². The van der Waals surface area contributed by atoms with Crippen molar-refractivity contribution in [2.24, 2.45) is 5.73 Å². The molecule has 0 unspecified atom stereocenters. The maximum Gasteiger partial charge on any atom is 0.138 e. The third-order valence-corrected chi connectivity index (χ3v) is 2.90. The molecule has 5 heteroatoms. The van der Waals surface area contributed by atoms with Gasteiger partial charge in [0.15, 0.2) is 0 Å². The number of likely N-dealkylation sites (N-methyl/N-ethyl adjacent to an activating group) is 1. The summed E-state index contributed by atoms with van der Waals surface area (Å²) in [6, 6.07) is 5.22. The summed E-state index contributed by atoms with van der Waals surface area (Å²) in [5.41, 5.74) is 5.44. The summed E-state index contributed by atoms with van der Waals surface area (Å²) in [6.45, 7) is 3.14. The van der Waals surface area contributed by atoms with Gasteiger partial charge in [-0.3, -0.25) is 0 Å². The molecule has 0 aromatic heterocycles. The van der Waals surface area contributed by atoms with E-state index in [4.69, 9.17) is 33.7 Å². The molecule has 0 radical (unpaired) electrons. The van der Waals surface area contributed by atoms with Crippen LogP contribution in [-0.4, -0.2) is 38.2 Å². The molecule has 0 aliphatic carbocycles. The lowest BCUT2D eigenvalue weighted by atomic mass is 10.3. The molecule has 0 saturated heterocycles. The van der Waals surface area contributed by atoms with Crippen LogP contribution in [-0.2, 0) is 0 Å². The van der Waals surface area contributed by atoms with Crippen LogP contribution in [0.2, 0.25) is 10.0 Å². The van der Waals surface area contributed by atoms with E-state index in [0.29, 0.717) is 28.9 Å². The summed E-state index contributed by atoms with van der Waals surface area (Å²) < 4.78 is 5.58. The molecule has 17 heavy (non-hydrogen) atoms. The zero-order chi connectivity index (χ0) is 12.7. The molecule has 0 amide bonds. The van der Waals surface area contributed by atoms with Gasteiger partial charge in [0, 0.05) is 11.6 Å². The number of ether oxygens (including phenoxy) is 1. The molecule has 0 saturated carbocycles. The van der Waals surface area contributed by atoms with Gasteiger partial charge in [-0.15, -0.1) is 0 Å². The number of nitrogens with two attached hydrogens (primary N) is 1. The van der Waals surface area contributed by atoms with E-state index >= 15 is 0 Å². The number of benzene rings is 1. The van der Waals surface area contributed by atoms with E-state index in [1.807, 2.05) is 7.05 Å². The Bertz CT molecular complexity index is 347. The number of hydrogen-bond donors (Lipinski definition) is 1. The minimum absolute atomic E-state index is 0.544. The molecule has 3 nitrogen and oxygen atoms in total. The van der Waals surface area contributed by atoms with E-state index in [1.54, 1.807) is 18.2 Å². The van der Waals surface area contributed by atoms with Crippen molar-refractivity contribution < 1.29 is 4.74 Å². The third kappa shape index (κ3) is 5.59. The number of nitrogens with zero attached hydrogens (tertiary/aromatic N) is 1. The second-order valence-electron chi connectivity index (χ2n) is 3.87. The van der Waals surface area contributed by atoms with Gasteiger partial charge in [0.2, 0.25) is 0 Å². The highest BCUT2D eigenvalue weighted by molar-refractivity contribution is 6.35. The Labute approximate surface area is 112 Å². The second-order valence-corrected chi connectivity index (χ2v) is 4.71. The van der Waals surface area contributed by atoms with Gasteiger partial charge in [-0.1, -0.05) is 23.2 Å². The summed E-state index contributed by atoms with van der Waals surface area (Å²) in [6.07, 6.45) is 0.998. The molecule has 0 aliphatic heterocycles. The van der Waals surface area contributed by atoms with Crippen molar-refractivity contribution in [3.05, 3.63) is 28.2 Å². The van der Waals surface area contributed by atoms with Gasteiger partial charge in [-0.2, -0.15) is 0 Å². The van der Waals surface area contributed by atoms with E-state index in [-0.39, 0.29) is 0 Å². The van der Waals surface area contributed by atoms with Gasteiger partial charge in [-0.25, -0.2) is 0 Å². The highest BCUT2D eigenvalue weighted by atomic mass is 35.5. The van der Waals surface area contributed by atoms with Gasteiger partial charge in [-0.05, 0) is 44.8 Å². The molecule has 1 aromatic rings. The van der Waals surface area contributed by atoms with Crippen molar-refractivity contribution in [3.8, 4) is 5.75 Å². The fourth-order valence-corrected chi connectivity index (χ4v) is 1.84. The van der Waals surface area contributed by atoms with Gasteiger partial charge in [0.05, 0.1) is 5.02 Å². The molecule has 0 atom stereocenters. The smallest absolute Gasteiger partial charge is 0.138 e. The zero-order valence-corrected chi connectivity index (χ0v) is 11.5. The average Bonchev–Trinajstić information content (AvgIpc) is 2.29. The number of rotatable bonds is 7. The van der Waals surface area contributed by atoms with Crippen LogP contribution < -0.4 is 10.5 Å². The normalized spacial score (nSPS) is 10.9. The Morgan fingerprint density at radius 3 is 2.71 bits per heavy atom. The lowest BCUT2D eigenvalue weighted by Gasteiger charge is -2.16. The van der Waals surface area contributed by atoms with Crippen LogP contribution in [0.4, 0.5) is 0 Å². The Hall–Kier alpha value is -0.480. The van der Waals surface area contributed by atoms with Crippen molar-refractivity contribution in [2.75, 3.05) is 33.3 Å². The van der Waals surface area contributed by atoms with E-state index in [0.717, 1.165) is 19.5 Å². The van der Waals surface area contributed by atoms with Gasteiger partial charge in [0.1, 0.15) is 12.4 Å². The van der Waals surface area contributed by atoms with Crippen molar-refractivity contribution in [1.82, 2.24) is 4.90 Å². The SMILES string of the molecule is CN(CCCN)CCOc1ccc(Cl)cc1Cl. The molecule has 0 bridgehead atoms. The van der Waals surface area contributed by atoms with E-state index < -0.39 is 0 Å². The summed E-state index contributed by atoms with van der Waals surface area (Å²) >= 11 is 11.8. The van der Waals surface area contributed by atoms with Gasteiger partial charge in [0.25, 0.3) is 0 Å². The van der Waals surface area contributed by atoms with Gasteiger partial charge < -0.3 is 15.4 Å². The predicted molar refractivity (Wildman–Crippen MR) is 73.1 cm³/mol. The first-order chi connectivity index (χ1) is 8.13. The monoisotopic (exact) mass is 276 g/mol. The second kappa shape index (κ2) is 7.77. The van der Waals surface area contributed by atoms with Crippen molar-refractivity contribution >= 4 is 23.2 Å². The molecule has 0 spiro atoms. The van der Waals surface area contributed by atoms with Crippen LogP contribution in [0.25, 0.3) is 0 Å². The molecule has 0 fully saturated rings. The summed E-state index contributed by atoms with van der Waals surface area (Å²) in [7, 11) is 2.04. The first-order valence-electron chi connectivity index (χ1n) is 5.60. The Balaban J connectivity index is 2.30. The predicted octanol–water partition coefficient (Wildman–Crippen LogP) is 2.65. The van der Waals surface area contributed by atoms with Crippen LogP contribution in [0.15, 0.2) is 18.2 Å². The molecule has 1 aromatic carbocycles. The van der Waals surface area contributed by atoms with Gasteiger partial charge >= 0.3 is 0 Å². The Morgan fingerprint density at radius 1 is 1.29 bits per heavy atom. The van der Waals surface area contributed by atoms with Crippen molar-refractivity contribution in [2.45, 2.75) is 6.42 Å². The van der Waals surface area contributed by atoms with Crippen LogP contribution >= 0.6 is 23.2 Å². The molecule has 2 N–H and O–H groups in total. The highest BCUT2D eigenvalue weighted by Gasteiger charge is 2.03. The summed E-state index contributed by atoms with van der Waals surface area (Å²) in [5, 5.41) is 1.16. The minimum atomic E-state index is 0.544. The van der Waals surface area contributed by atoms with E-state index in [9.17, 15) is 0 Å². The molecule has 0 aliphatic rings. The first-order valence-corrected chi connectivity index (χ1v) is 6.35. The minimum Gasteiger partial charge on any atom is -0.491 e. The maximum atomic E-state index is 5.99. The lowest BCUT2D eigenvalue weighted by Crippen LogP contribution is -2.26. The molecular weight excluding hydrogens is 259 g/mol. The summed E-state index contributed by atoms with van der Waals surface area (Å²) in [5.74, 6) is 0.670. The standard InChI is InChI=1S/C12H18Cl2N2O/c1-16(6-2-5-15)7-8-17-12-4-3-10(13)9-11(12)14/h3-4,9H,2,5-8,15H2,1H3. The van der Waals surface area contributed by atoms with Crippen LogP contribution in [0.1, 0.15) is 6.42 Å². The average molecular weight is 277 g/mol. The third-order valence-electron chi connectivity index (χ3n) is 2.37. The molecule has 96 valence electrons. The topological polar surface area (TPSA) is 38.5 Å². The number of hydrogen-bond acceptors (Lipinski definition) is 3. The zero-order valence-electron chi connectivity index (χ0n) is 9.96. The van der Waals surface area contributed by atoms with Crippen LogP contribution in [0.5, 0.6) is 5.75 Å². The molecular formula is C12H18Cl2N2O. The summed E-state index contributed by atoms with van der Waals surface area (Å²) in [4.78, 5) is 2.18. The van der Waals surface area contributed by atoms with E-state index in [2.05, 4.69) is 4.90 Å². The highest BCUT2D eigenvalue weighted by Crippen LogP contribution is 2.27. The largest absolute Gasteiger partial charge is 0.491 e. The Kier molecular flexibility index (Phi) is 6.66. The Morgan fingerprint density at radius 2 is 2.06 bits per heavy atom. The number of halogens is 2. The maximum absolute atomic E-state index is 5.99. The molecule has 0 heterocycles. The van der Waals surface area contributed by atoms with Crippen LogP contribution in [0, 0.1) is 0 Å².